The second-order valence-corrected chi connectivity index (χ2v) is 11.1. The number of pyridine rings is 1. The van der Waals surface area contributed by atoms with Crippen LogP contribution in [0.25, 0.3) is 11.7 Å². The van der Waals surface area contributed by atoms with Crippen molar-refractivity contribution in [3.05, 3.63) is 97.8 Å². The average Bonchev–Trinajstić information content (AvgIpc) is 3.30. The molecule has 13 heteroatoms. The predicted octanol–water partition coefficient (Wildman–Crippen LogP) is 6.65. The number of aryl methyl sites for hydroxylation is 1. The number of halogens is 4. The molecule has 4 rings (SSSR count). The van der Waals surface area contributed by atoms with Crippen LogP contribution in [-0.2, 0) is 16.2 Å². The fourth-order valence-electron chi connectivity index (χ4n) is 4.10. The van der Waals surface area contributed by atoms with Crippen molar-refractivity contribution in [1.29, 1.82) is 0 Å². The SMILES string of the molecule is CCCNC(=O)c1ccc(C=CC(=O)NCC(=O)N(C)c2ccc(Cl)c(COc3cccn4c(Br)c(C)nc34)c2Cl)cc1.Cl. The Morgan fingerprint density at radius 3 is 2.52 bits per heavy atom. The summed E-state index contributed by atoms with van der Waals surface area (Å²) in [6.45, 7) is 4.27. The third-order valence-electron chi connectivity index (χ3n) is 6.54. The Labute approximate surface area is 280 Å². The Kier molecular flexibility index (Phi) is 12.7. The predicted molar refractivity (Wildman–Crippen MR) is 180 cm³/mol. The number of nitrogens with zero attached hydrogens (tertiary/aromatic N) is 3. The number of imidazole rings is 1. The molecular formula is C31H31BrCl3N5O4. The van der Waals surface area contributed by atoms with E-state index in [9.17, 15) is 14.4 Å². The van der Waals surface area contributed by atoms with E-state index in [4.69, 9.17) is 27.9 Å². The maximum atomic E-state index is 12.9. The monoisotopic (exact) mass is 721 g/mol. The molecule has 3 amide bonds. The molecule has 0 aliphatic carbocycles. The third kappa shape index (κ3) is 8.32. The molecule has 0 bridgehead atoms. The first-order valence-corrected chi connectivity index (χ1v) is 15.0. The fraction of sp³-hybridized carbons (Fsp3) is 0.226. The van der Waals surface area contributed by atoms with Crippen molar-refractivity contribution in [3.8, 4) is 5.75 Å². The molecule has 0 radical (unpaired) electrons. The molecule has 0 spiro atoms. The molecule has 2 aromatic heterocycles. The van der Waals surface area contributed by atoms with Gasteiger partial charge in [-0.2, -0.15) is 0 Å². The number of ether oxygens (including phenoxy) is 1. The Morgan fingerprint density at radius 1 is 1.09 bits per heavy atom. The molecule has 0 atom stereocenters. The van der Waals surface area contributed by atoms with Gasteiger partial charge >= 0.3 is 0 Å². The third-order valence-corrected chi connectivity index (χ3v) is 8.27. The van der Waals surface area contributed by atoms with Gasteiger partial charge in [-0.15, -0.1) is 12.4 Å². The molecule has 232 valence electrons. The highest BCUT2D eigenvalue weighted by Gasteiger charge is 2.20. The summed E-state index contributed by atoms with van der Waals surface area (Å²) in [6.07, 6.45) is 5.65. The molecular weight excluding hydrogens is 693 g/mol. The number of fused-ring (bicyclic) bond motifs is 1. The van der Waals surface area contributed by atoms with Gasteiger partial charge in [-0.25, -0.2) is 4.98 Å². The van der Waals surface area contributed by atoms with Gasteiger partial charge in [-0.1, -0.05) is 42.3 Å². The summed E-state index contributed by atoms with van der Waals surface area (Å²) in [6, 6.07) is 13.8. The van der Waals surface area contributed by atoms with E-state index in [0.29, 0.717) is 39.8 Å². The topological polar surface area (TPSA) is 105 Å². The highest BCUT2D eigenvalue weighted by atomic mass is 79.9. The first kappa shape index (κ1) is 34.9. The maximum Gasteiger partial charge on any atom is 0.251 e. The molecule has 44 heavy (non-hydrogen) atoms. The second-order valence-electron chi connectivity index (χ2n) is 9.58. The molecule has 2 heterocycles. The minimum absolute atomic E-state index is 0. The molecule has 0 aliphatic heterocycles. The van der Waals surface area contributed by atoms with Gasteiger partial charge in [0.1, 0.15) is 11.2 Å². The van der Waals surface area contributed by atoms with E-state index in [0.717, 1.165) is 22.3 Å². The number of benzene rings is 2. The van der Waals surface area contributed by atoms with Crippen LogP contribution in [0.4, 0.5) is 5.69 Å². The van der Waals surface area contributed by atoms with Gasteiger partial charge in [-0.3, -0.25) is 18.8 Å². The molecule has 4 aromatic rings. The van der Waals surface area contributed by atoms with E-state index in [-0.39, 0.29) is 42.4 Å². The van der Waals surface area contributed by atoms with Crippen molar-refractivity contribution < 1.29 is 19.1 Å². The standard InChI is InChI=1S/C31H30BrCl2N5O4.ClH/c1-4-15-35-31(42)21-10-7-20(8-11-21)9-14-26(40)36-17-27(41)38(3)24-13-12-23(33)22(28(24)34)18-43-25-6-5-16-39-29(32)19(2)37-30(25)39;/h5-14,16H,4,15,17-18H2,1-3H3,(H,35,42)(H,36,40);1H. The average molecular weight is 724 g/mol. The van der Waals surface area contributed by atoms with Crippen LogP contribution in [0.15, 0.2) is 65.4 Å². The summed E-state index contributed by atoms with van der Waals surface area (Å²) in [4.78, 5) is 43.2. The normalized spacial score (nSPS) is 10.9. The van der Waals surface area contributed by atoms with E-state index in [1.807, 2.05) is 30.5 Å². The largest absolute Gasteiger partial charge is 0.485 e. The Morgan fingerprint density at radius 2 is 1.82 bits per heavy atom. The quantitative estimate of drug-likeness (QED) is 0.169. The zero-order valence-corrected chi connectivity index (χ0v) is 28.1. The van der Waals surface area contributed by atoms with Crippen LogP contribution in [0.2, 0.25) is 10.0 Å². The molecule has 0 aliphatic rings. The van der Waals surface area contributed by atoms with Gasteiger partial charge in [0, 0.05) is 42.0 Å². The summed E-state index contributed by atoms with van der Waals surface area (Å²) in [5.41, 5.74) is 3.65. The van der Waals surface area contributed by atoms with E-state index >= 15 is 0 Å². The van der Waals surface area contributed by atoms with Crippen molar-refractivity contribution in [1.82, 2.24) is 20.0 Å². The zero-order chi connectivity index (χ0) is 31.1. The Bertz CT molecular complexity index is 1690. The van der Waals surface area contributed by atoms with Gasteiger partial charge in [0.05, 0.1) is 22.9 Å². The van der Waals surface area contributed by atoms with Crippen molar-refractivity contribution in [3.63, 3.8) is 0 Å². The van der Waals surface area contributed by atoms with Crippen LogP contribution >= 0.6 is 51.5 Å². The molecule has 0 fully saturated rings. The number of carbonyl (C=O) groups is 3. The summed E-state index contributed by atoms with van der Waals surface area (Å²) in [5.74, 6) is -0.434. The van der Waals surface area contributed by atoms with Gasteiger partial charge < -0.3 is 20.3 Å². The number of anilines is 1. The first-order chi connectivity index (χ1) is 20.6. The van der Waals surface area contributed by atoms with Crippen LogP contribution < -0.4 is 20.3 Å². The lowest BCUT2D eigenvalue weighted by molar-refractivity contribution is -0.122. The number of aromatic nitrogens is 2. The molecule has 0 unspecified atom stereocenters. The Balaban J connectivity index is 0.00000529. The van der Waals surface area contributed by atoms with Crippen LogP contribution in [0.5, 0.6) is 5.75 Å². The summed E-state index contributed by atoms with van der Waals surface area (Å²) >= 11 is 16.7. The van der Waals surface area contributed by atoms with Crippen molar-refractivity contribution >= 4 is 86.7 Å². The minimum Gasteiger partial charge on any atom is -0.485 e. The smallest absolute Gasteiger partial charge is 0.251 e. The minimum atomic E-state index is -0.446. The highest BCUT2D eigenvalue weighted by molar-refractivity contribution is 9.10. The summed E-state index contributed by atoms with van der Waals surface area (Å²) in [7, 11) is 1.56. The Hall–Kier alpha value is -3.57. The van der Waals surface area contributed by atoms with Crippen molar-refractivity contribution in [2.45, 2.75) is 26.9 Å². The number of amides is 3. The number of rotatable bonds is 11. The molecule has 2 N–H and O–H groups in total. The molecule has 2 aromatic carbocycles. The van der Waals surface area contributed by atoms with Crippen LogP contribution in [0.3, 0.4) is 0 Å². The molecule has 0 saturated carbocycles. The van der Waals surface area contributed by atoms with E-state index in [2.05, 4.69) is 31.5 Å². The number of carbonyl (C=O) groups excluding carboxylic acids is 3. The van der Waals surface area contributed by atoms with Crippen molar-refractivity contribution in [2.75, 3.05) is 25.0 Å². The van der Waals surface area contributed by atoms with Gasteiger partial charge in [-0.05, 0) is 77.3 Å². The van der Waals surface area contributed by atoms with Gasteiger partial charge in [0.2, 0.25) is 11.8 Å². The molecule has 9 nitrogen and oxygen atoms in total. The zero-order valence-electron chi connectivity index (χ0n) is 24.2. The molecule has 0 saturated heterocycles. The number of nitrogens with one attached hydrogen (secondary N) is 2. The first-order valence-electron chi connectivity index (χ1n) is 13.4. The van der Waals surface area contributed by atoms with Crippen LogP contribution in [0.1, 0.15) is 40.5 Å². The fourth-order valence-corrected chi connectivity index (χ4v) is 5.08. The lowest BCUT2D eigenvalue weighted by Gasteiger charge is -2.21. The van der Waals surface area contributed by atoms with E-state index in [1.54, 1.807) is 55.6 Å². The summed E-state index contributed by atoms with van der Waals surface area (Å²) < 4.78 is 8.74. The maximum absolute atomic E-state index is 12.9. The van der Waals surface area contributed by atoms with E-state index in [1.165, 1.54) is 11.0 Å². The lowest BCUT2D eigenvalue weighted by atomic mass is 10.1. The number of hydrogen-bond acceptors (Lipinski definition) is 5. The second kappa shape index (κ2) is 15.9. The number of likely N-dealkylation sites (N-methyl/N-ethyl adjacent to an activating group) is 1. The summed E-state index contributed by atoms with van der Waals surface area (Å²) in [5, 5.41) is 6.04. The van der Waals surface area contributed by atoms with Crippen molar-refractivity contribution in [2.24, 2.45) is 0 Å². The number of hydrogen-bond donors (Lipinski definition) is 2. The van der Waals surface area contributed by atoms with Gasteiger partial charge in [0.15, 0.2) is 11.4 Å². The van der Waals surface area contributed by atoms with Crippen LogP contribution in [0, 0.1) is 6.92 Å². The van der Waals surface area contributed by atoms with Gasteiger partial charge in [0.25, 0.3) is 5.91 Å². The van der Waals surface area contributed by atoms with E-state index < -0.39 is 5.91 Å². The van der Waals surface area contributed by atoms with Crippen LogP contribution in [-0.4, -0.2) is 47.2 Å². The lowest BCUT2D eigenvalue weighted by Crippen LogP contribution is -2.37. The highest BCUT2D eigenvalue weighted by Crippen LogP contribution is 2.35.